The van der Waals surface area contributed by atoms with E-state index in [0.29, 0.717) is 22.1 Å². The molecule has 1 heterocycles. The molecule has 2 aromatic carbocycles. The first-order valence-corrected chi connectivity index (χ1v) is 8.52. The molecular formula is C20H15ClFN3O3. The van der Waals surface area contributed by atoms with Crippen molar-refractivity contribution in [2.45, 2.75) is 0 Å². The molecule has 1 aromatic heterocycles. The van der Waals surface area contributed by atoms with Crippen LogP contribution in [0.2, 0.25) is 5.02 Å². The number of aromatic nitrogens is 1. The van der Waals surface area contributed by atoms with Crippen LogP contribution in [0.4, 0.5) is 15.8 Å². The number of halogens is 2. The van der Waals surface area contributed by atoms with Crippen molar-refractivity contribution in [3.8, 4) is 5.75 Å². The summed E-state index contributed by atoms with van der Waals surface area (Å²) < 4.78 is 18.2. The Labute approximate surface area is 165 Å². The minimum atomic E-state index is -0.531. The zero-order chi connectivity index (χ0) is 20.1. The standard InChI is InChI=1S/C20H15ClFN3O3/c1-28-18-7-2-13(21)11-16(18)25-20(27)17-10-12(8-9-23-17)19(26)24-15-5-3-14(22)4-6-15/h2-11H,1H3,(H,24,26)(H,25,27). The molecule has 6 nitrogen and oxygen atoms in total. The van der Waals surface area contributed by atoms with Crippen LogP contribution in [0.25, 0.3) is 0 Å². The van der Waals surface area contributed by atoms with Crippen molar-refractivity contribution in [3.63, 3.8) is 0 Å². The minimum absolute atomic E-state index is 0.0359. The SMILES string of the molecule is COc1ccc(Cl)cc1NC(=O)c1cc(C(=O)Nc2ccc(F)cc2)ccn1. The van der Waals surface area contributed by atoms with Crippen molar-refractivity contribution in [3.05, 3.63) is 82.9 Å². The zero-order valence-corrected chi connectivity index (χ0v) is 15.5. The molecule has 0 atom stereocenters. The van der Waals surface area contributed by atoms with Gasteiger partial charge in [0.1, 0.15) is 17.3 Å². The number of benzene rings is 2. The Balaban J connectivity index is 1.77. The highest BCUT2D eigenvalue weighted by Crippen LogP contribution is 2.28. The van der Waals surface area contributed by atoms with Gasteiger partial charge in [-0.25, -0.2) is 4.39 Å². The number of amides is 2. The number of nitrogens with one attached hydrogen (secondary N) is 2. The predicted octanol–water partition coefficient (Wildman–Crippen LogP) is 4.39. The summed E-state index contributed by atoms with van der Waals surface area (Å²) in [5, 5.41) is 5.71. The Morgan fingerprint density at radius 2 is 1.75 bits per heavy atom. The number of carbonyl (C=O) groups excluding carboxylic acids is 2. The molecule has 2 N–H and O–H groups in total. The van der Waals surface area contributed by atoms with E-state index in [1.807, 2.05) is 0 Å². The lowest BCUT2D eigenvalue weighted by atomic mass is 10.2. The second-order valence-electron chi connectivity index (χ2n) is 5.69. The summed E-state index contributed by atoms with van der Waals surface area (Å²) in [6.07, 6.45) is 1.35. The molecular weight excluding hydrogens is 385 g/mol. The van der Waals surface area contributed by atoms with E-state index in [4.69, 9.17) is 16.3 Å². The summed E-state index contributed by atoms with van der Waals surface area (Å²) in [6, 6.07) is 13.0. The Morgan fingerprint density at radius 3 is 2.46 bits per heavy atom. The number of hydrogen-bond acceptors (Lipinski definition) is 4. The number of nitrogens with zero attached hydrogens (tertiary/aromatic N) is 1. The smallest absolute Gasteiger partial charge is 0.274 e. The van der Waals surface area contributed by atoms with Crippen molar-refractivity contribution in [2.24, 2.45) is 0 Å². The van der Waals surface area contributed by atoms with Crippen LogP contribution in [0, 0.1) is 5.82 Å². The Hall–Kier alpha value is -3.45. The third kappa shape index (κ3) is 4.63. The molecule has 0 saturated heterocycles. The third-order valence-electron chi connectivity index (χ3n) is 3.77. The van der Waals surface area contributed by atoms with Gasteiger partial charge in [-0.15, -0.1) is 0 Å². The molecule has 8 heteroatoms. The minimum Gasteiger partial charge on any atom is -0.495 e. The fraction of sp³-hybridized carbons (Fsp3) is 0.0500. The Kier molecular flexibility index (Phi) is 5.86. The van der Waals surface area contributed by atoms with Gasteiger partial charge in [-0.2, -0.15) is 0 Å². The number of ether oxygens (including phenoxy) is 1. The molecule has 3 aromatic rings. The van der Waals surface area contributed by atoms with E-state index >= 15 is 0 Å². The Bertz CT molecular complexity index is 1030. The fourth-order valence-corrected chi connectivity index (χ4v) is 2.57. The van der Waals surface area contributed by atoms with E-state index in [2.05, 4.69) is 15.6 Å². The van der Waals surface area contributed by atoms with Gasteiger partial charge in [0.05, 0.1) is 12.8 Å². The van der Waals surface area contributed by atoms with Crippen molar-refractivity contribution in [1.29, 1.82) is 0 Å². The molecule has 0 radical (unpaired) electrons. The van der Waals surface area contributed by atoms with Gasteiger partial charge in [-0.3, -0.25) is 14.6 Å². The summed E-state index contributed by atoms with van der Waals surface area (Å²) in [4.78, 5) is 28.9. The molecule has 2 amide bonds. The molecule has 0 unspecified atom stereocenters. The molecule has 0 bridgehead atoms. The first-order chi connectivity index (χ1) is 13.5. The Morgan fingerprint density at radius 1 is 1.00 bits per heavy atom. The van der Waals surface area contributed by atoms with Gasteiger partial charge in [0.2, 0.25) is 0 Å². The molecule has 0 aliphatic rings. The van der Waals surface area contributed by atoms with Gasteiger partial charge in [-0.1, -0.05) is 11.6 Å². The van der Waals surface area contributed by atoms with Gasteiger partial charge in [-0.05, 0) is 54.6 Å². The van der Waals surface area contributed by atoms with E-state index < -0.39 is 17.6 Å². The van der Waals surface area contributed by atoms with Crippen LogP contribution in [0.5, 0.6) is 5.75 Å². The molecule has 0 aliphatic heterocycles. The summed E-state index contributed by atoms with van der Waals surface area (Å²) in [6.45, 7) is 0. The quantitative estimate of drug-likeness (QED) is 0.667. The number of hydrogen-bond donors (Lipinski definition) is 2. The molecule has 0 fully saturated rings. The molecule has 0 aliphatic carbocycles. The van der Waals surface area contributed by atoms with E-state index in [1.165, 1.54) is 49.7 Å². The average molecular weight is 400 g/mol. The average Bonchev–Trinajstić information content (AvgIpc) is 2.70. The first kappa shape index (κ1) is 19.3. The normalized spacial score (nSPS) is 10.2. The second-order valence-corrected chi connectivity index (χ2v) is 6.13. The van der Waals surface area contributed by atoms with Gasteiger partial charge in [0.25, 0.3) is 11.8 Å². The predicted molar refractivity (Wildman–Crippen MR) is 105 cm³/mol. The lowest BCUT2D eigenvalue weighted by Gasteiger charge is -2.11. The lowest BCUT2D eigenvalue weighted by Crippen LogP contribution is -2.17. The summed E-state index contributed by atoms with van der Waals surface area (Å²) in [7, 11) is 1.47. The summed E-state index contributed by atoms with van der Waals surface area (Å²) >= 11 is 5.96. The lowest BCUT2D eigenvalue weighted by molar-refractivity contribution is 0.102. The van der Waals surface area contributed by atoms with Crippen LogP contribution in [0.1, 0.15) is 20.8 Å². The molecule has 0 spiro atoms. The molecule has 142 valence electrons. The van der Waals surface area contributed by atoms with E-state index in [-0.39, 0.29) is 11.3 Å². The second kappa shape index (κ2) is 8.49. The number of carbonyl (C=O) groups is 2. The monoisotopic (exact) mass is 399 g/mol. The third-order valence-corrected chi connectivity index (χ3v) is 4.00. The number of anilines is 2. The van der Waals surface area contributed by atoms with Gasteiger partial charge in [0, 0.05) is 22.5 Å². The number of rotatable bonds is 5. The van der Waals surface area contributed by atoms with Crippen molar-refractivity contribution in [1.82, 2.24) is 4.98 Å². The number of pyridine rings is 1. The number of methoxy groups -OCH3 is 1. The van der Waals surface area contributed by atoms with Crippen LogP contribution >= 0.6 is 11.6 Å². The highest BCUT2D eigenvalue weighted by molar-refractivity contribution is 6.31. The van der Waals surface area contributed by atoms with Crippen molar-refractivity contribution in [2.75, 3.05) is 17.7 Å². The molecule has 3 rings (SSSR count). The van der Waals surface area contributed by atoms with Crippen molar-refractivity contribution < 1.29 is 18.7 Å². The van der Waals surface area contributed by atoms with Crippen LogP contribution in [-0.4, -0.2) is 23.9 Å². The van der Waals surface area contributed by atoms with Crippen molar-refractivity contribution >= 4 is 34.8 Å². The fourth-order valence-electron chi connectivity index (χ4n) is 2.40. The van der Waals surface area contributed by atoms with Gasteiger partial charge < -0.3 is 15.4 Å². The summed E-state index contributed by atoms with van der Waals surface area (Å²) in [5.41, 5.74) is 1.07. The molecule has 28 heavy (non-hydrogen) atoms. The van der Waals surface area contributed by atoms with E-state index in [0.717, 1.165) is 0 Å². The maximum atomic E-state index is 13.0. The van der Waals surface area contributed by atoms with Gasteiger partial charge >= 0.3 is 0 Å². The first-order valence-electron chi connectivity index (χ1n) is 8.14. The van der Waals surface area contributed by atoms with Crippen LogP contribution < -0.4 is 15.4 Å². The largest absolute Gasteiger partial charge is 0.495 e. The zero-order valence-electron chi connectivity index (χ0n) is 14.7. The van der Waals surface area contributed by atoms with Crippen LogP contribution in [0.3, 0.4) is 0 Å². The van der Waals surface area contributed by atoms with Crippen LogP contribution in [0.15, 0.2) is 60.8 Å². The topological polar surface area (TPSA) is 80.3 Å². The van der Waals surface area contributed by atoms with E-state index in [1.54, 1.807) is 18.2 Å². The highest BCUT2D eigenvalue weighted by Gasteiger charge is 2.14. The van der Waals surface area contributed by atoms with Gasteiger partial charge in [0.15, 0.2) is 0 Å². The molecule has 0 saturated carbocycles. The van der Waals surface area contributed by atoms with E-state index in [9.17, 15) is 14.0 Å². The highest BCUT2D eigenvalue weighted by atomic mass is 35.5. The maximum absolute atomic E-state index is 13.0. The maximum Gasteiger partial charge on any atom is 0.274 e. The summed E-state index contributed by atoms with van der Waals surface area (Å²) in [5.74, 6) is -0.958. The van der Waals surface area contributed by atoms with Crippen LogP contribution in [-0.2, 0) is 0 Å².